The standard InChI is InChI=1S/C18H36F3NO2/c1-15(22)17(24)14-16(23)12-10-8-6-4-2-3-5-7-9-11-13-18(19,20)21/h15-17,23-24H,2-14,22H2,1H3/t15?,16?,17-/m0/s1. The van der Waals surface area contributed by atoms with Crippen molar-refractivity contribution in [1.82, 2.24) is 0 Å². The molecule has 0 spiro atoms. The lowest BCUT2D eigenvalue weighted by atomic mass is 10.0. The Bertz CT molecular complexity index is 286. The van der Waals surface area contributed by atoms with E-state index >= 15 is 0 Å². The molecule has 0 rings (SSSR count). The molecule has 24 heavy (non-hydrogen) atoms. The molecule has 3 nitrogen and oxygen atoms in total. The maximum Gasteiger partial charge on any atom is 0.389 e. The number of halogens is 3. The Morgan fingerprint density at radius 3 is 1.62 bits per heavy atom. The quantitative estimate of drug-likeness (QED) is 0.373. The van der Waals surface area contributed by atoms with Crippen LogP contribution in [-0.2, 0) is 0 Å². The van der Waals surface area contributed by atoms with E-state index in [1.54, 1.807) is 6.92 Å². The first-order chi connectivity index (χ1) is 11.2. The summed E-state index contributed by atoms with van der Waals surface area (Å²) in [5.74, 6) is 0. The van der Waals surface area contributed by atoms with Crippen LogP contribution in [0.15, 0.2) is 0 Å². The molecule has 4 N–H and O–H groups in total. The molecule has 0 amide bonds. The van der Waals surface area contributed by atoms with Gasteiger partial charge in [0.25, 0.3) is 0 Å². The molecule has 0 bridgehead atoms. The Kier molecular flexibility index (Phi) is 13.7. The second-order valence-corrected chi connectivity index (χ2v) is 7.01. The van der Waals surface area contributed by atoms with Gasteiger partial charge in [-0.25, -0.2) is 0 Å². The Morgan fingerprint density at radius 1 is 0.792 bits per heavy atom. The van der Waals surface area contributed by atoms with Crippen LogP contribution in [0.1, 0.15) is 90.4 Å². The van der Waals surface area contributed by atoms with Crippen LogP contribution in [0.4, 0.5) is 13.2 Å². The number of aliphatic hydroxyl groups is 2. The number of unbranched alkanes of at least 4 members (excludes halogenated alkanes) is 9. The van der Waals surface area contributed by atoms with Gasteiger partial charge in [-0.3, -0.25) is 0 Å². The van der Waals surface area contributed by atoms with Crippen molar-refractivity contribution in [2.45, 2.75) is 115 Å². The molecular formula is C18H36F3NO2. The van der Waals surface area contributed by atoms with Crippen molar-refractivity contribution in [2.24, 2.45) is 5.73 Å². The fourth-order valence-electron chi connectivity index (χ4n) is 2.73. The monoisotopic (exact) mass is 355 g/mol. The number of alkyl halides is 3. The van der Waals surface area contributed by atoms with Crippen molar-refractivity contribution in [2.75, 3.05) is 0 Å². The fourth-order valence-corrected chi connectivity index (χ4v) is 2.73. The van der Waals surface area contributed by atoms with E-state index in [1.807, 2.05) is 0 Å². The van der Waals surface area contributed by atoms with E-state index in [0.717, 1.165) is 51.4 Å². The molecule has 0 saturated heterocycles. The molecule has 2 unspecified atom stereocenters. The molecule has 146 valence electrons. The normalized spacial score (nSPS) is 16.1. The Hall–Kier alpha value is -0.330. The lowest BCUT2D eigenvalue weighted by Crippen LogP contribution is -2.34. The second-order valence-electron chi connectivity index (χ2n) is 7.01. The lowest BCUT2D eigenvalue weighted by Gasteiger charge is -2.18. The number of rotatable bonds is 15. The molecule has 0 saturated carbocycles. The highest BCUT2D eigenvalue weighted by atomic mass is 19.4. The van der Waals surface area contributed by atoms with Crippen LogP contribution in [0.2, 0.25) is 0 Å². The largest absolute Gasteiger partial charge is 0.393 e. The number of hydrogen-bond acceptors (Lipinski definition) is 3. The van der Waals surface area contributed by atoms with Gasteiger partial charge in [-0.1, -0.05) is 57.8 Å². The molecule has 0 aromatic carbocycles. The third-order valence-electron chi connectivity index (χ3n) is 4.37. The number of nitrogens with two attached hydrogens (primary N) is 1. The third kappa shape index (κ3) is 16.5. The minimum absolute atomic E-state index is 0.253. The van der Waals surface area contributed by atoms with Crippen LogP contribution in [0.3, 0.4) is 0 Å². The van der Waals surface area contributed by atoms with Crippen LogP contribution in [0.25, 0.3) is 0 Å². The Labute approximate surface area is 144 Å². The first kappa shape index (κ1) is 23.7. The zero-order valence-electron chi connectivity index (χ0n) is 15.0. The molecule has 0 aromatic heterocycles. The van der Waals surface area contributed by atoms with Gasteiger partial charge >= 0.3 is 6.18 Å². The smallest absolute Gasteiger partial charge is 0.389 e. The molecule has 0 aliphatic heterocycles. The highest BCUT2D eigenvalue weighted by molar-refractivity contribution is 4.70. The van der Waals surface area contributed by atoms with Crippen molar-refractivity contribution in [3.8, 4) is 0 Å². The van der Waals surface area contributed by atoms with Gasteiger partial charge in [-0.15, -0.1) is 0 Å². The van der Waals surface area contributed by atoms with E-state index in [0.29, 0.717) is 19.3 Å². The summed E-state index contributed by atoms with van der Waals surface area (Å²) in [5, 5.41) is 19.3. The van der Waals surface area contributed by atoms with Gasteiger partial charge in [-0.05, 0) is 19.8 Å². The summed E-state index contributed by atoms with van der Waals surface area (Å²) < 4.78 is 35.8. The summed E-state index contributed by atoms with van der Waals surface area (Å²) in [4.78, 5) is 0. The lowest BCUT2D eigenvalue weighted by molar-refractivity contribution is -0.135. The molecule has 0 heterocycles. The van der Waals surface area contributed by atoms with Gasteiger partial charge in [0.2, 0.25) is 0 Å². The van der Waals surface area contributed by atoms with E-state index in [1.165, 1.54) is 0 Å². The molecule has 3 atom stereocenters. The van der Waals surface area contributed by atoms with Crippen LogP contribution >= 0.6 is 0 Å². The van der Waals surface area contributed by atoms with E-state index in [9.17, 15) is 23.4 Å². The average molecular weight is 355 g/mol. The average Bonchev–Trinajstić information content (AvgIpc) is 2.47. The summed E-state index contributed by atoms with van der Waals surface area (Å²) in [6.45, 7) is 1.73. The summed E-state index contributed by atoms with van der Waals surface area (Å²) >= 11 is 0. The van der Waals surface area contributed by atoms with Crippen molar-refractivity contribution in [3.05, 3.63) is 0 Å². The minimum atomic E-state index is -4.01. The predicted octanol–water partition coefficient (Wildman–Crippen LogP) is 4.69. The van der Waals surface area contributed by atoms with Gasteiger partial charge in [0.15, 0.2) is 0 Å². The Balaban J connectivity index is 3.25. The van der Waals surface area contributed by atoms with Gasteiger partial charge < -0.3 is 15.9 Å². The molecular weight excluding hydrogens is 319 g/mol. The predicted molar refractivity (Wildman–Crippen MR) is 91.7 cm³/mol. The van der Waals surface area contributed by atoms with Gasteiger partial charge in [-0.2, -0.15) is 13.2 Å². The van der Waals surface area contributed by atoms with Crippen LogP contribution < -0.4 is 5.73 Å². The highest BCUT2D eigenvalue weighted by Gasteiger charge is 2.25. The fraction of sp³-hybridized carbons (Fsp3) is 1.00. The van der Waals surface area contributed by atoms with Crippen LogP contribution in [0.5, 0.6) is 0 Å². The molecule has 0 aliphatic rings. The zero-order valence-corrected chi connectivity index (χ0v) is 15.0. The summed E-state index contributed by atoms with van der Waals surface area (Å²) in [6, 6.07) is -0.312. The summed E-state index contributed by atoms with van der Waals surface area (Å²) in [7, 11) is 0. The summed E-state index contributed by atoms with van der Waals surface area (Å²) in [6.07, 6.45) is 4.59. The highest BCUT2D eigenvalue weighted by Crippen LogP contribution is 2.23. The van der Waals surface area contributed by atoms with Gasteiger partial charge in [0.1, 0.15) is 0 Å². The van der Waals surface area contributed by atoms with Crippen molar-refractivity contribution in [3.63, 3.8) is 0 Å². The van der Waals surface area contributed by atoms with Gasteiger partial charge in [0, 0.05) is 18.9 Å². The number of aliphatic hydroxyl groups excluding tert-OH is 2. The third-order valence-corrected chi connectivity index (χ3v) is 4.37. The van der Waals surface area contributed by atoms with Crippen LogP contribution in [0, 0.1) is 0 Å². The topological polar surface area (TPSA) is 66.5 Å². The second kappa shape index (κ2) is 13.9. The van der Waals surface area contributed by atoms with Crippen molar-refractivity contribution < 1.29 is 23.4 Å². The maximum atomic E-state index is 11.9. The van der Waals surface area contributed by atoms with E-state index in [2.05, 4.69) is 0 Å². The molecule has 6 heteroatoms. The van der Waals surface area contributed by atoms with E-state index in [-0.39, 0.29) is 12.5 Å². The van der Waals surface area contributed by atoms with Crippen LogP contribution in [-0.4, -0.2) is 34.6 Å². The molecule has 0 aliphatic carbocycles. The minimum Gasteiger partial charge on any atom is -0.393 e. The van der Waals surface area contributed by atoms with E-state index in [4.69, 9.17) is 5.73 Å². The molecule has 0 radical (unpaired) electrons. The first-order valence-electron chi connectivity index (χ1n) is 9.41. The molecule has 0 aromatic rings. The SMILES string of the molecule is CC(N)[C@@H](O)CC(O)CCCCCCCCCCCCC(F)(F)F. The first-order valence-corrected chi connectivity index (χ1v) is 9.41. The zero-order chi connectivity index (χ0) is 18.4. The Morgan fingerprint density at radius 2 is 1.21 bits per heavy atom. The van der Waals surface area contributed by atoms with Crippen molar-refractivity contribution >= 4 is 0 Å². The summed E-state index contributed by atoms with van der Waals surface area (Å²) in [5.41, 5.74) is 5.55. The van der Waals surface area contributed by atoms with Gasteiger partial charge in [0.05, 0.1) is 12.2 Å². The number of hydrogen-bond donors (Lipinski definition) is 3. The van der Waals surface area contributed by atoms with E-state index < -0.39 is 24.8 Å². The molecule has 0 fully saturated rings. The van der Waals surface area contributed by atoms with Crippen molar-refractivity contribution in [1.29, 1.82) is 0 Å². The maximum absolute atomic E-state index is 11.9.